The maximum Gasteiger partial charge on any atom is 0.243 e. The summed E-state index contributed by atoms with van der Waals surface area (Å²) in [4.78, 5) is 26.0. The fourth-order valence-corrected chi connectivity index (χ4v) is 7.23. The summed E-state index contributed by atoms with van der Waals surface area (Å²) in [5.74, 6) is 4.82. The molecular formula is C26H40N4O3S2. The van der Waals surface area contributed by atoms with Gasteiger partial charge in [-0.15, -0.1) is 11.8 Å². The van der Waals surface area contributed by atoms with Gasteiger partial charge in [-0.2, -0.15) is 11.8 Å². The Bertz CT molecular complexity index is 788. The molecule has 0 spiro atoms. The van der Waals surface area contributed by atoms with Crippen LogP contribution in [0.15, 0.2) is 30.3 Å². The van der Waals surface area contributed by atoms with Gasteiger partial charge in [-0.1, -0.05) is 37.5 Å². The minimum atomic E-state index is -0.520. The Kier molecular flexibility index (Phi) is 10.9. The molecule has 1 aliphatic carbocycles. The first-order valence-corrected chi connectivity index (χ1v) is 15.4. The second kappa shape index (κ2) is 14.4. The van der Waals surface area contributed by atoms with Gasteiger partial charge in [-0.3, -0.25) is 14.9 Å². The highest BCUT2D eigenvalue weighted by Crippen LogP contribution is 2.27. The Morgan fingerprint density at radius 3 is 2.74 bits per heavy atom. The van der Waals surface area contributed by atoms with E-state index in [-0.39, 0.29) is 29.9 Å². The predicted octanol–water partition coefficient (Wildman–Crippen LogP) is 2.62. The molecular weight excluding hydrogens is 480 g/mol. The van der Waals surface area contributed by atoms with Gasteiger partial charge in [0.05, 0.1) is 6.04 Å². The highest BCUT2D eigenvalue weighted by atomic mass is 32.2. The van der Waals surface area contributed by atoms with E-state index in [1.165, 1.54) is 32.1 Å². The molecule has 1 aromatic rings. The number of thioether (sulfide) groups is 2. The minimum Gasteiger partial charge on any atom is -0.490 e. The number of para-hydroxylation sites is 1. The molecule has 0 bridgehead atoms. The van der Waals surface area contributed by atoms with E-state index in [0.29, 0.717) is 12.3 Å². The average molecular weight is 521 g/mol. The SMILES string of the molecule is O=C(N[C@@H](CSCC1CCCCC1)C(=O)NCC1CNCCC1Oc1ccccc1)[C@@H]1CSCN1. The van der Waals surface area contributed by atoms with Crippen LogP contribution >= 0.6 is 23.5 Å². The van der Waals surface area contributed by atoms with Crippen LogP contribution in [0.2, 0.25) is 0 Å². The lowest BCUT2D eigenvalue weighted by atomic mass is 9.91. The number of carbonyl (C=O) groups excluding carboxylic acids is 2. The van der Waals surface area contributed by atoms with Crippen molar-refractivity contribution in [2.45, 2.75) is 56.7 Å². The maximum atomic E-state index is 13.3. The van der Waals surface area contributed by atoms with Crippen molar-refractivity contribution >= 4 is 35.3 Å². The molecule has 3 aliphatic rings. The smallest absolute Gasteiger partial charge is 0.243 e. The topological polar surface area (TPSA) is 91.5 Å². The van der Waals surface area contributed by atoms with E-state index in [9.17, 15) is 9.59 Å². The number of rotatable bonds is 11. The Morgan fingerprint density at radius 1 is 1.14 bits per heavy atom. The van der Waals surface area contributed by atoms with Crippen LogP contribution in [0, 0.1) is 11.8 Å². The fraction of sp³-hybridized carbons (Fsp3) is 0.692. The molecule has 9 heteroatoms. The molecule has 4 atom stereocenters. The third-order valence-electron chi connectivity index (χ3n) is 7.14. The molecule has 2 aliphatic heterocycles. The van der Waals surface area contributed by atoms with Gasteiger partial charge in [0, 0.05) is 36.4 Å². The first kappa shape index (κ1) is 26.6. The summed E-state index contributed by atoms with van der Waals surface area (Å²) in [7, 11) is 0. The van der Waals surface area contributed by atoms with E-state index in [1.807, 2.05) is 30.3 Å². The van der Waals surface area contributed by atoms with Gasteiger partial charge >= 0.3 is 0 Å². The van der Waals surface area contributed by atoms with Crippen LogP contribution in [-0.2, 0) is 9.59 Å². The summed E-state index contributed by atoms with van der Waals surface area (Å²) >= 11 is 3.52. The number of carbonyl (C=O) groups is 2. The van der Waals surface area contributed by atoms with Gasteiger partial charge in [0.2, 0.25) is 11.8 Å². The molecule has 0 aromatic heterocycles. The number of amides is 2. The first-order valence-electron chi connectivity index (χ1n) is 13.1. The maximum absolute atomic E-state index is 13.3. The normalized spacial score (nSPS) is 26.1. The van der Waals surface area contributed by atoms with Crippen LogP contribution in [0.5, 0.6) is 5.75 Å². The van der Waals surface area contributed by atoms with Crippen LogP contribution in [0.4, 0.5) is 0 Å². The van der Waals surface area contributed by atoms with Gasteiger partial charge in [-0.25, -0.2) is 0 Å². The molecule has 7 nitrogen and oxygen atoms in total. The van der Waals surface area contributed by atoms with Crippen LogP contribution in [-0.4, -0.2) is 72.8 Å². The second-order valence-electron chi connectivity index (χ2n) is 9.84. The number of piperidine rings is 1. The zero-order chi connectivity index (χ0) is 24.3. The van der Waals surface area contributed by atoms with Crippen molar-refractivity contribution < 1.29 is 14.3 Å². The van der Waals surface area contributed by atoms with E-state index in [1.54, 1.807) is 23.5 Å². The Hall–Kier alpha value is -1.42. The van der Waals surface area contributed by atoms with Crippen LogP contribution in [0.1, 0.15) is 38.5 Å². The van der Waals surface area contributed by atoms with Gasteiger partial charge in [0.25, 0.3) is 0 Å². The number of ether oxygens (including phenoxy) is 1. The molecule has 4 rings (SSSR count). The molecule has 0 radical (unpaired) electrons. The number of hydrogen-bond acceptors (Lipinski definition) is 7. The van der Waals surface area contributed by atoms with Crippen LogP contribution in [0.3, 0.4) is 0 Å². The molecule has 2 saturated heterocycles. The molecule has 2 heterocycles. The molecule has 3 fully saturated rings. The summed E-state index contributed by atoms with van der Waals surface area (Å²) in [6, 6.07) is 9.14. The van der Waals surface area contributed by atoms with E-state index in [2.05, 4.69) is 21.3 Å². The summed E-state index contributed by atoms with van der Waals surface area (Å²) in [6.45, 7) is 2.24. The Balaban J connectivity index is 1.30. The average Bonchev–Trinajstić information content (AvgIpc) is 3.44. The lowest BCUT2D eigenvalue weighted by Gasteiger charge is -2.33. The highest BCUT2D eigenvalue weighted by Gasteiger charge is 2.31. The van der Waals surface area contributed by atoms with E-state index in [0.717, 1.165) is 48.6 Å². The predicted molar refractivity (Wildman–Crippen MR) is 145 cm³/mol. The van der Waals surface area contributed by atoms with Crippen molar-refractivity contribution in [3.63, 3.8) is 0 Å². The Labute approximate surface area is 218 Å². The summed E-state index contributed by atoms with van der Waals surface area (Å²) in [6.07, 6.45) is 7.51. The van der Waals surface area contributed by atoms with Gasteiger partial charge in [-0.05, 0) is 49.6 Å². The van der Waals surface area contributed by atoms with Crippen molar-refractivity contribution in [3.05, 3.63) is 30.3 Å². The van der Waals surface area contributed by atoms with Crippen molar-refractivity contribution in [3.8, 4) is 5.75 Å². The molecule has 4 N–H and O–H groups in total. The summed E-state index contributed by atoms with van der Waals surface area (Å²) in [5, 5.41) is 12.8. The zero-order valence-electron chi connectivity index (χ0n) is 20.5. The van der Waals surface area contributed by atoms with Crippen molar-refractivity contribution in [1.82, 2.24) is 21.3 Å². The highest BCUT2D eigenvalue weighted by molar-refractivity contribution is 7.99. The minimum absolute atomic E-state index is 0.0485. The van der Waals surface area contributed by atoms with E-state index >= 15 is 0 Å². The zero-order valence-corrected chi connectivity index (χ0v) is 22.1. The van der Waals surface area contributed by atoms with Crippen LogP contribution in [0.25, 0.3) is 0 Å². The van der Waals surface area contributed by atoms with Crippen molar-refractivity contribution in [1.29, 1.82) is 0 Å². The standard InChI is InChI=1S/C26H40N4O3S2/c31-25(28-14-20-13-27-12-11-24(20)33-21-9-5-2-6-10-21)23(30-26(32)22-16-35-18-29-22)17-34-15-19-7-3-1-4-8-19/h2,5-6,9-10,19-20,22-24,27,29H,1,3-4,7-8,11-18H2,(H,28,31)(H,30,32)/t20?,22-,23-,24?/m0/s1. The van der Waals surface area contributed by atoms with Crippen LogP contribution < -0.4 is 26.0 Å². The Morgan fingerprint density at radius 2 is 1.97 bits per heavy atom. The molecule has 2 amide bonds. The lowest BCUT2D eigenvalue weighted by Crippen LogP contribution is -2.55. The van der Waals surface area contributed by atoms with Gasteiger partial charge in [0.1, 0.15) is 17.9 Å². The summed E-state index contributed by atoms with van der Waals surface area (Å²) < 4.78 is 6.25. The molecule has 1 aromatic carbocycles. The number of hydrogen-bond donors (Lipinski definition) is 4. The van der Waals surface area contributed by atoms with Crippen molar-refractivity contribution in [2.75, 3.05) is 42.8 Å². The van der Waals surface area contributed by atoms with E-state index in [4.69, 9.17) is 4.74 Å². The number of benzene rings is 1. The third kappa shape index (κ3) is 8.58. The third-order valence-corrected chi connectivity index (χ3v) is 9.35. The largest absolute Gasteiger partial charge is 0.490 e. The molecule has 2 unspecified atom stereocenters. The quantitative estimate of drug-likeness (QED) is 0.357. The lowest BCUT2D eigenvalue weighted by molar-refractivity contribution is -0.129. The fourth-order valence-electron chi connectivity index (χ4n) is 5.01. The second-order valence-corrected chi connectivity index (χ2v) is 11.9. The van der Waals surface area contributed by atoms with E-state index < -0.39 is 6.04 Å². The number of nitrogens with one attached hydrogen (secondary N) is 4. The van der Waals surface area contributed by atoms with Crippen molar-refractivity contribution in [2.24, 2.45) is 11.8 Å². The monoisotopic (exact) mass is 520 g/mol. The van der Waals surface area contributed by atoms with Gasteiger partial charge in [0.15, 0.2) is 0 Å². The van der Waals surface area contributed by atoms with Gasteiger partial charge < -0.3 is 20.7 Å². The first-order chi connectivity index (χ1) is 17.2. The molecule has 1 saturated carbocycles. The molecule has 194 valence electrons. The summed E-state index contributed by atoms with van der Waals surface area (Å²) in [5.41, 5.74) is 0. The molecule has 35 heavy (non-hydrogen) atoms.